The van der Waals surface area contributed by atoms with E-state index in [-0.39, 0.29) is 6.54 Å². The number of imide groups is 1. The van der Waals surface area contributed by atoms with Crippen molar-refractivity contribution in [2.75, 3.05) is 6.54 Å². The molecule has 1 saturated heterocycles. The molecule has 1 atom stereocenters. The first kappa shape index (κ1) is 16.2. The summed E-state index contributed by atoms with van der Waals surface area (Å²) in [6.07, 6.45) is -0.803. The zero-order valence-corrected chi connectivity index (χ0v) is 12.0. The lowest BCUT2D eigenvalue weighted by atomic mass is 10.1. The van der Waals surface area contributed by atoms with Gasteiger partial charge in [0, 0.05) is 0 Å². The highest BCUT2D eigenvalue weighted by molar-refractivity contribution is 7.87. The van der Waals surface area contributed by atoms with Gasteiger partial charge in [-0.15, -0.1) is 0 Å². The number of likely N-dealkylation sites (tertiary alicyclic amines) is 1. The smallest absolute Gasteiger partial charge is 0.408 e. The molecule has 114 valence electrons. The molecule has 1 fully saturated rings. The number of amides is 4. The summed E-state index contributed by atoms with van der Waals surface area (Å²) in [6, 6.07) is -2.10. The predicted octanol–water partition coefficient (Wildman–Crippen LogP) is -1.36. The minimum atomic E-state index is -4.24. The zero-order valence-electron chi connectivity index (χ0n) is 11.2. The van der Waals surface area contributed by atoms with Crippen LogP contribution in [0.4, 0.5) is 9.59 Å². The minimum Gasteiger partial charge on any atom is -0.444 e. The highest BCUT2D eigenvalue weighted by Crippen LogP contribution is 2.12. The molecule has 1 aliphatic heterocycles. The van der Waals surface area contributed by atoms with E-state index in [0.717, 1.165) is 0 Å². The SMILES string of the molecule is CC(C)(C)OC(=O)NC1CN(C(=O)NS(N)(=O)=O)C1=O. The van der Waals surface area contributed by atoms with Crippen molar-refractivity contribution in [2.45, 2.75) is 32.4 Å². The third-order valence-electron chi connectivity index (χ3n) is 2.09. The maximum atomic E-state index is 11.5. The fraction of sp³-hybridized carbons (Fsp3) is 0.667. The highest BCUT2D eigenvalue weighted by atomic mass is 32.2. The van der Waals surface area contributed by atoms with Gasteiger partial charge in [-0.05, 0) is 20.8 Å². The number of carbonyl (C=O) groups excluding carboxylic acids is 3. The molecular formula is C9H16N4O6S. The number of nitrogens with zero attached hydrogens (tertiary/aromatic N) is 1. The number of hydrogen-bond donors (Lipinski definition) is 3. The Morgan fingerprint density at radius 1 is 1.40 bits per heavy atom. The van der Waals surface area contributed by atoms with Crippen molar-refractivity contribution >= 4 is 28.2 Å². The van der Waals surface area contributed by atoms with E-state index in [2.05, 4.69) is 10.5 Å². The van der Waals surface area contributed by atoms with Crippen LogP contribution in [0, 0.1) is 0 Å². The molecular weight excluding hydrogens is 292 g/mol. The van der Waals surface area contributed by atoms with E-state index in [4.69, 9.17) is 4.74 Å². The third-order valence-corrected chi connectivity index (χ3v) is 2.55. The van der Waals surface area contributed by atoms with Crippen LogP contribution >= 0.6 is 0 Å². The van der Waals surface area contributed by atoms with E-state index in [1.165, 1.54) is 4.72 Å². The number of rotatable bonds is 2. The lowest BCUT2D eigenvalue weighted by Crippen LogP contribution is -2.67. The molecule has 0 aromatic carbocycles. The van der Waals surface area contributed by atoms with Gasteiger partial charge in [0.05, 0.1) is 6.54 Å². The maximum absolute atomic E-state index is 11.5. The number of nitrogens with two attached hydrogens (primary N) is 1. The van der Waals surface area contributed by atoms with Crippen molar-refractivity contribution in [1.29, 1.82) is 0 Å². The Labute approximate surface area is 115 Å². The predicted molar refractivity (Wildman–Crippen MR) is 66.5 cm³/mol. The molecule has 1 unspecified atom stereocenters. The summed E-state index contributed by atoms with van der Waals surface area (Å²) in [6.45, 7) is 4.79. The van der Waals surface area contributed by atoms with Crippen molar-refractivity contribution in [3.63, 3.8) is 0 Å². The molecule has 1 rings (SSSR count). The minimum absolute atomic E-state index is 0.167. The fourth-order valence-corrected chi connectivity index (χ4v) is 1.70. The Balaban J connectivity index is 2.48. The standard InChI is InChI=1S/C9H16N4O6S/c1-9(2,3)19-8(16)11-5-4-13(6(5)14)7(15)12-20(10,17)18/h5H,4H2,1-3H3,(H,11,16)(H,12,15)(H2,10,17,18). The normalized spacial score (nSPS) is 19.1. The van der Waals surface area contributed by atoms with Gasteiger partial charge in [-0.2, -0.15) is 8.42 Å². The molecule has 0 aromatic heterocycles. The fourth-order valence-electron chi connectivity index (χ4n) is 1.34. The molecule has 0 radical (unpaired) electrons. The van der Waals surface area contributed by atoms with Crippen LogP contribution in [0.3, 0.4) is 0 Å². The lowest BCUT2D eigenvalue weighted by Gasteiger charge is -2.36. The number of alkyl carbamates (subject to hydrolysis) is 1. The lowest BCUT2D eigenvalue weighted by molar-refractivity contribution is -0.139. The number of urea groups is 1. The van der Waals surface area contributed by atoms with E-state index in [1.54, 1.807) is 20.8 Å². The molecule has 4 amide bonds. The molecule has 0 saturated carbocycles. The Kier molecular flexibility index (Phi) is 4.24. The summed E-state index contributed by atoms with van der Waals surface area (Å²) in [5.74, 6) is -0.753. The van der Waals surface area contributed by atoms with Gasteiger partial charge in [0.1, 0.15) is 11.6 Å². The second-order valence-corrected chi connectivity index (χ2v) is 6.39. The summed E-state index contributed by atoms with van der Waals surface area (Å²) in [7, 11) is -4.24. The molecule has 1 heterocycles. The topological polar surface area (TPSA) is 148 Å². The second kappa shape index (κ2) is 5.25. The van der Waals surface area contributed by atoms with Gasteiger partial charge in [0.15, 0.2) is 0 Å². The van der Waals surface area contributed by atoms with Gasteiger partial charge in [0.25, 0.3) is 16.1 Å². The first-order valence-corrected chi connectivity index (χ1v) is 7.09. The molecule has 4 N–H and O–H groups in total. The van der Waals surface area contributed by atoms with E-state index >= 15 is 0 Å². The number of nitrogens with one attached hydrogen (secondary N) is 2. The molecule has 0 bridgehead atoms. The highest BCUT2D eigenvalue weighted by Gasteiger charge is 2.43. The van der Waals surface area contributed by atoms with Crippen molar-refractivity contribution in [3.05, 3.63) is 0 Å². The van der Waals surface area contributed by atoms with E-state index in [9.17, 15) is 22.8 Å². The van der Waals surface area contributed by atoms with Gasteiger partial charge in [-0.1, -0.05) is 0 Å². The Bertz CT molecular complexity index is 537. The van der Waals surface area contributed by atoms with Crippen molar-refractivity contribution in [3.8, 4) is 0 Å². The summed E-state index contributed by atoms with van der Waals surface area (Å²) < 4.78 is 27.6. The van der Waals surface area contributed by atoms with Crippen LogP contribution in [0.2, 0.25) is 0 Å². The van der Waals surface area contributed by atoms with Crippen molar-refractivity contribution in [2.24, 2.45) is 5.14 Å². The average Bonchev–Trinajstić information content (AvgIpc) is 2.17. The molecule has 20 heavy (non-hydrogen) atoms. The van der Waals surface area contributed by atoms with Gasteiger partial charge < -0.3 is 10.1 Å². The van der Waals surface area contributed by atoms with Crippen LogP contribution in [0.15, 0.2) is 0 Å². The van der Waals surface area contributed by atoms with Crippen molar-refractivity contribution < 1.29 is 27.5 Å². The van der Waals surface area contributed by atoms with Crippen LogP contribution in [0.25, 0.3) is 0 Å². The number of carbonyl (C=O) groups is 3. The summed E-state index contributed by atoms with van der Waals surface area (Å²) in [5, 5.41) is 6.85. The molecule has 1 aliphatic rings. The Hall–Kier alpha value is -1.88. The van der Waals surface area contributed by atoms with Gasteiger partial charge in [-0.3, -0.25) is 9.69 Å². The quantitative estimate of drug-likeness (QED) is 0.536. The van der Waals surface area contributed by atoms with Gasteiger partial charge >= 0.3 is 12.1 Å². The zero-order chi connectivity index (χ0) is 15.7. The van der Waals surface area contributed by atoms with Crippen LogP contribution < -0.4 is 15.2 Å². The summed E-state index contributed by atoms with van der Waals surface area (Å²) in [4.78, 5) is 34.8. The van der Waals surface area contributed by atoms with Gasteiger partial charge in [-0.25, -0.2) is 19.5 Å². The molecule has 0 spiro atoms. The molecule has 0 aliphatic carbocycles. The number of ether oxygens (including phenoxy) is 1. The third kappa shape index (κ3) is 4.66. The Morgan fingerprint density at radius 2 is 1.95 bits per heavy atom. The van der Waals surface area contributed by atoms with E-state index < -0.39 is 39.9 Å². The first-order chi connectivity index (χ1) is 8.89. The van der Waals surface area contributed by atoms with Crippen LogP contribution in [0.5, 0.6) is 0 Å². The second-order valence-electron chi connectivity index (χ2n) is 5.10. The number of β-lactam (4-membered cyclic amide) rings is 1. The van der Waals surface area contributed by atoms with Crippen LogP contribution in [-0.2, 0) is 19.7 Å². The van der Waals surface area contributed by atoms with Gasteiger partial charge in [0.2, 0.25) is 0 Å². The van der Waals surface area contributed by atoms with E-state index in [1.807, 2.05) is 0 Å². The Morgan fingerprint density at radius 3 is 2.35 bits per heavy atom. The van der Waals surface area contributed by atoms with Crippen molar-refractivity contribution in [1.82, 2.24) is 14.9 Å². The molecule has 10 nitrogen and oxygen atoms in total. The van der Waals surface area contributed by atoms with Crippen LogP contribution in [0.1, 0.15) is 20.8 Å². The molecule has 11 heteroatoms. The van der Waals surface area contributed by atoms with E-state index in [0.29, 0.717) is 4.90 Å². The summed E-state index contributed by atoms with van der Waals surface area (Å²) >= 11 is 0. The summed E-state index contributed by atoms with van der Waals surface area (Å²) in [5.41, 5.74) is -0.721. The first-order valence-electron chi connectivity index (χ1n) is 5.54. The number of hydrogen-bond acceptors (Lipinski definition) is 6. The average molecular weight is 308 g/mol. The maximum Gasteiger partial charge on any atom is 0.408 e. The monoisotopic (exact) mass is 308 g/mol. The van der Waals surface area contributed by atoms with Crippen LogP contribution in [-0.4, -0.2) is 49.5 Å². The largest absolute Gasteiger partial charge is 0.444 e. The molecule has 0 aromatic rings.